The molecule has 3 aromatic rings. The van der Waals surface area contributed by atoms with Crippen LogP contribution in [0.4, 0.5) is 11.4 Å². The molecule has 4 rings (SSSR count). The Labute approximate surface area is 190 Å². The van der Waals surface area contributed by atoms with Crippen molar-refractivity contribution < 1.29 is 32.3 Å². The van der Waals surface area contributed by atoms with Crippen LogP contribution in [0, 0.1) is 0 Å². The molecule has 0 fully saturated rings. The second-order valence-electron chi connectivity index (χ2n) is 7.38. The van der Waals surface area contributed by atoms with Crippen LogP contribution in [0.5, 0.6) is 0 Å². The summed E-state index contributed by atoms with van der Waals surface area (Å²) in [5, 5.41) is 3.90. The third kappa shape index (κ3) is 3.68. The molecule has 0 bridgehead atoms. The van der Waals surface area contributed by atoms with E-state index in [1.165, 1.54) is 45.4 Å². The Balaban J connectivity index is 1.70. The molecule has 170 valence electrons. The number of esters is 2. The van der Waals surface area contributed by atoms with Gasteiger partial charge in [-0.25, -0.2) is 18.0 Å². The number of methoxy groups -OCH3 is 2. The summed E-state index contributed by atoms with van der Waals surface area (Å²) < 4.78 is 37.0. The van der Waals surface area contributed by atoms with Crippen molar-refractivity contribution in [3.05, 3.63) is 65.7 Å². The number of carbonyl (C=O) groups is 3. The first-order chi connectivity index (χ1) is 15.7. The fraction of sp³-hybridized carbons (Fsp3) is 0.174. The predicted octanol–water partition coefficient (Wildman–Crippen LogP) is 2.95. The fourth-order valence-electron chi connectivity index (χ4n) is 3.86. The standard InChI is InChI=1S/C23H20N2O7S/c1-13(25-18-8-4-6-14-7-5-9-19(20(14)18)33(25,29)30)21(26)24-17-11-15(22(27)31-2)10-16(12-17)23(28)32-3/h4-13H,1-3H3,(H,24,26)/t13-/m0/s1. The Morgan fingerprint density at radius 3 is 2.06 bits per heavy atom. The van der Waals surface area contributed by atoms with E-state index < -0.39 is 33.9 Å². The summed E-state index contributed by atoms with van der Waals surface area (Å²) in [6.07, 6.45) is 0. The van der Waals surface area contributed by atoms with Gasteiger partial charge in [0.2, 0.25) is 5.91 Å². The number of benzene rings is 3. The van der Waals surface area contributed by atoms with Gasteiger partial charge in [-0.15, -0.1) is 0 Å². The lowest BCUT2D eigenvalue weighted by Gasteiger charge is -2.25. The zero-order valence-electron chi connectivity index (χ0n) is 18.0. The minimum absolute atomic E-state index is 0.0225. The minimum atomic E-state index is -3.96. The number of rotatable bonds is 5. The smallest absolute Gasteiger partial charge is 0.337 e. The zero-order valence-corrected chi connectivity index (χ0v) is 18.8. The van der Waals surface area contributed by atoms with E-state index >= 15 is 0 Å². The minimum Gasteiger partial charge on any atom is -0.465 e. The van der Waals surface area contributed by atoms with Crippen LogP contribution in [0.2, 0.25) is 0 Å². The lowest BCUT2D eigenvalue weighted by atomic mass is 10.1. The summed E-state index contributed by atoms with van der Waals surface area (Å²) in [6, 6.07) is 12.9. The van der Waals surface area contributed by atoms with Crippen LogP contribution in [-0.4, -0.2) is 46.5 Å². The monoisotopic (exact) mass is 468 g/mol. The summed E-state index contributed by atoms with van der Waals surface area (Å²) >= 11 is 0. The molecule has 0 saturated carbocycles. The first-order valence-electron chi connectivity index (χ1n) is 9.88. The number of nitrogens with zero attached hydrogens (tertiary/aromatic N) is 1. The zero-order chi connectivity index (χ0) is 23.9. The predicted molar refractivity (Wildman–Crippen MR) is 121 cm³/mol. The number of hydrogen-bond acceptors (Lipinski definition) is 7. The molecule has 3 aromatic carbocycles. The summed E-state index contributed by atoms with van der Waals surface area (Å²) in [5.41, 5.74) is 0.565. The maximum Gasteiger partial charge on any atom is 0.337 e. The van der Waals surface area contributed by atoms with Gasteiger partial charge in [-0.1, -0.05) is 24.3 Å². The van der Waals surface area contributed by atoms with Crippen LogP contribution < -0.4 is 9.62 Å². The summed E-state index contributed by atoms with van der Waals surface area (Å²) in [5.74, 6) is -2.08. The van der Waals surface area contributed by atoms with E-state index in [9.17, 15) is 22.8 Å². The number of ether oxygens (including phenoxy) is 2. The molecule has 1 atom stereocenters. The van der Waals surface area contributed by atoms with Gasteiger partial charge < -0.3 is 14.8 Å². The average molecular weight is 468 g/mol. The van der Waals surface area contributed by atoms with Crippen molar-refractivity contribution in [3.8, 4) is 0 Å². The van der Waals surface area contributed by atoms with E-state index in [4.69, 9.17) is 9.47 Å². The van der Waals surface area contributed by atoms with Crippen molar-refractivity contribution in [3.63, 3.8) is 0 Å². The molecular weight excluding hydrogens is 448 g/mol. The Kier molecular flexibility index (Phi) is 5.54. The molecular formula is C23H20N2O7S. The SMILES string of the molecule is COC(=O)c1cc(NC(=O)[C@H](C)N2c3cccc4cccc(c34)S2(=O)=O)cc(C(=O)OC)c1. The van der Waals surface area contributed by atoms with Crippen molar-refractivity contribution in [2.75, 3.05) is 23.8 Å². The first-order valence-corrected chi connectivity index (χ1v) is 11.3. The van der Waals surface area contributed by atoms with Crippen molar-refractivity contribution in [2.45, 2.75) is 17.9 Å². The van der Waals surface area contributed by atoms with Crippen molar-refractivity contribution in [1.29, 1.82) is 0 Å². The molecule has 1 aliphatic rings. The summed E-state index contributed by atoms with van der Waals surface area (Å²) in [7, 11) is -1.59. The Morgan fingerprint density at radius 1 is 0.909 bits per heavy atom. The third-order valence-electron chi connectivity index (χ3n) is 5.39. The van der Waals surface area contributed by atoms with Gasteiger partial charge in [0.1, 0.15) is 6.04 Å². The molecule has 1 amide bonds. The Bertz CT molecular complexity index is 1380. The highest BCUT2D eigenvalue weighted by molar-refractivity contribution is 7.93. The molecule has 0 aromatic heterocycles. The highest BCUT2D eigenvalue weighted by Gasteiger charge is 2.40. The second-order valence-corrected chi connectivity index (χ2v) is 9.16. The third-order valence-corrected chi connectivity index (χ3v) is 7.32. The van der Waals surface area contributed by atoms with Crippen LogP contribution in [0.1, 0.15) is 27.6 Å². The van der Waals surface area contributed by atoms with Gasteiger partial charge in [-0.3, -0.25) is 9.10 Å². The van der Waals surface area contributed by atoms with E-state index in [1.54, 1.807) is 30.3 Å². The molecule has 33 heavy (non-hydrogen) atoms. The number of anilines is 2. The second kappa shape index (κ2) is 8.21. The molecule has 1 aliphatic heterocycles. The number of nitrogens with one attached hydrogen (secondary N) is 1. The van der Waals surface area contributed by atoms with Gasteiger partial charge >= 0.3 is 11.9 Å². The lowest BCUT2D eigenvalue weighted by Crippen LogP contribution is -2.44. The van der Waals surface area contributed by atoms with Crippen LogP contribution in [-0.2, 0) is 24.3 Å². The van der Waals surface area contributed by atoms with Crippen LogP contribution in [0.3, 0.4) is 0 Å². The van der Waals surface area contributed by atoms with E-state index in [0.717, 1.165) is 9.69 Å². The van der Waals surface area contributed by atoms with E-state index in [0.29, 0.717) is 11.1 Å². The quantitative estimate of drug-likeness (QED) is 0.572. The van der Waals surface area contributed by atoms with Gasteiger partial charge in [-0.05, 0) is 42.6 Å². The van der Waals surface area contributed by atoms with E-state index in [1.807, 2.05) is 0 Å². The van der Waals surface area contributed by atoms with Gasteiger partial charge in [0.05, 0.1) is 35.9 Å². The molecule has 0 unspecified atom stereocenters. The maximum absolute atomic E-state index is 13.3. The van der Waals surface area contributed by atoms with Crippen molar-refractivity contribution in [1.82, 2.24) is 0 Å². The molecule has 1 heterocycles. The lowest BCUT2D eigenvalue weighted by molar-refractivity contribution is -0.116. The molecule has 0 spiro atoms. The molecule has 0 radical (unpaired) electrons. The number of hydrogen-bond donors (Lipinski definition) is 1. The summed E-state index contributed by atoms with van der Waals surface area (Å²) in [6.45, 7) is 1.46. The van der Waals surface area contributed by atoms with Gasteiger partial charge in [-0.2, -0.15) is 0 Å². The largest absolute Gasteiger partial charge is 0.465 e. The van der Waals surface area contributed by atoms with Crippen LogP contribution in [0.25, 0.3) is 10.8 Å². The molecule has 1 N–H and O–H groups in total. The van der Waals surface area contributed by atoms with E-state index in [-0.39, 0.29) is 21.7 Å². The maximum atomic E-state index is 13.3. The Hall–Kier alpha value is -3.92. The first kappa shape index (κ1) is 22.3. The van der Waals surface area contributed by atoms with Crippen LogP contribution >= 0.6 is 0 Å². The highest BCUT2D eigenvalue weighted by atomic mass is 32.2. The summed E-state index contributed by atoms with van der Waals surface area (Å²) in [4.78, 5) is 37.2. The Morgan fingerprint density at radius 2 is 1.48 bits per heavy atom. The van der Waals surface area contributed by atoms with Crippen molar-refractivity contribution in [2.24, 2.45) is 0 Å². The van der Waals surface area contributed by atoms with Gasteiger partial charge in [0.25, 0.3) is 10.0 Å². The van der Waals surface area contributed by atoms with Gasteiger partial charge in [0, 0.05) is 11.1 Å². The molecule has 0 aliphatic carbocycles. The molecule has 9 nitrogen and oxygen atoms in total. The van der Waals surface area contributed by atoms with Gasteiger partial charge in [0.15, 0.2) is 0 Å². The number of sulfonamides is 1. The van der Waals surface area contributed by atoms with E-state index in [2.05, 4.69) is 5.32 Å². The fourth-order valence-corrected chi connectivity index (χ4v) is 5.73. The number of carbonyl (C=O) groups excluding carboxylic acids is 3. The topological polar surface area (TPSA) is 119 Å². The average Bonchev–Trinajstić information content (AvgIpc) is 3.05. The molecule has 0 saturated heterocycles. The number of amides is 1. The van der Waals surface area contributed by atoms with Crippen LogP contribution in [0.15, 0.2) is 59.5 Å². The molecule has 10 heteroatoms. The normalized spacial score (nSPS) is 14.6. The van der Waals surface area contributed by atoms with Crippen molar-refractivity contribution >= 4 is 50.0 Å². The highest BCUT2D eigenvalue weighted by Crippen LogP contribution is 2.43.